The van der Waals surface area contributed by atoms with E-state index in [4.69, 9.17) is 0 Å². The van der Waals surface area contributed by atoms with Gasteiger partial charge in [0.2, 0.25) is 0 Å². The van der Waals surface area contributed by atoms with Crippen molar-refractivity contribution in [1.29, 1.82) is 0 Å². The van der Waals surface area contributed by atoms with Crippen LogP contribution in [0.3, 0.4) is 0 Å². The van der Waals surface area contributed by atoms with Gasteiger partial charge in [0, 0.05) is 4.90 Å². The molecule has 0 fully saturated rings. The lowest BCUT2D eigenvalue weighted by atomic mass is 10.3. The Balaban J connectivity index is 2.73. The van der Waals surface area contributed by atoms with E-state index >= 15 is 0 Å². The minimum Gasteiger partial charge on any atom is -0.429 e. The summed E-state index contributed by atoms with van der Waals surface area (Å²) in [7, 11) is 0. The molecule has 15 heavy (non-hydrogen) atoms. The van der Waals surface area contributed by atoms with Gasteiger partial charge < -0.3 is 4.74 Å². The Morgan fingerprint density at radius 2 is 1.87 bits per heavy atom. The van der Waals surface area contributed by atoms with Crippen LogP contribution in [0.25, 0.3) is 0 Å². The van der Waals surface area contributed by atoms with Gasteiger partial charge in [0.05, 0.1) is 0 Å². The van der Waals surface area contributed by atoms with E-state index in [0.29, 0.717) is 0 Å². The van der Waals surface area contributed by atoms with Crippen molar-refractivity contribution in [1.82, 2.24) is 0 Å². The minimum atomic E-state index is -4.01. The molecule has 1 aromatic carbocycles. The van der Waals surface area contributed by atoms with Crippen LogP contribution in [0.4, 0.5) is 13.2 Å². The molecule has 1 unspecified atom stereocenters. The number of hydrogen-bond donors (Lipinski definition) is 0. The predicted octanol–water partition coefficient (Wildman–Crippen LogP) is 3.91. The average molecular weight is 257 g/mol. The SMILES string of the molecule is CSc1ccc(OC(F)(F)C(F)Cl)cc1. The maximum absolute atomic E-state index is 12.7. The number of alkyl halides is 4. The molecule has 0 amide bonds. The number of halogens is 4. The van der Waals surface area contributed by atoms with Gasteiger partial charge in [-0.25, -0.2) is 4.39 Å². The van der Waals surface area contributed by atoms with Gasteiger partial charge in [-0.2, -0.15) is 8.78 Å². The predicted molar refractivity (Wildman–Crippen MR) is 54.5 cm³/mol. The third-order valence-corrected chi connectivity index (χ3v) is 2.57. The van der Waals surface area contributed by atoms with Gasteiger partial charge >= 0.3 is 6.11 Å². The van der Waals surface area contributed by atoms with E-state index in [-0.39, 0.29) is 5.75 Å². The summed E-state index contributed by atoms with van der Waals surface area (Å²) in [4.78, 5) is 0.897. The van der Waals surface area contributed by atoms with Crippen LogP contribution in [0.2, 0.25) is 0 Å². The van der Waals surface area contributed by atoms with Crippen molar-refractivity contribution in [3.63, 3.8) is 0 Å². The van der Waals surface area contributed by atoms with Crippen LogP contribution in [-0.2, 0) is 0 Å². The van der Waals surface area contributed by atoms with Gasteiger partial charge in [-0.05, 0) is 30.5 Å². The van der Waals surface area contributed by atoms with E-state index in [1.807, 2.05) is 6.26 Å². The fourth-order valence-electron chi connectivity index (χ4n) is 0.845. The Labute approximate surface area is 94.6 Å². The molecule has 0 bridgehead atoms. The summed E-state index contributed by atoms with van der Waals surface area (Å²) in [5.41, 5.74) is -2.86. The maximum Gasteiger partial charge on any atom is 0.444 e. The van der Waals surface area contributed by atoms with Crippen molar-refractivity contribution >= 4 is 23.4 Å². The smallest absolute Gasteiger partial charge is 0.429 e. The summed E-state index contributed by atoms with van der Waals surface area (Å²) < 4.78 is 41.7. The third-order valence-electron chi connectivity index (χ3n) is 1.57. The first-order valence-electron chi connectivity index (χ1n) is 3.95. The second kappa shape index (κ2) is 4.99. The molecule has 1 rings (SSSR count). The highest BCUT2D eigenvalue weighted by molar-refractivity contribution is 7.98. The summed E-state index contributed by atoms with van der Waals surface area (Å²) in [6.45, 7) is 0. The standard InChI is InChI=1S/C9H8ClF3OS/c1-15-7-4-2-6(3-5-7)14-9(12,13)8(10)11/h2-5,8H,1H3. The number of rotatable bonds is 4. The highest BCUT2D eigenvalue weighted by atomic mass is 35.5. The summed E-state index contributed by atoms with van der Waals surface area (Å²) in [6.07, 6.45) is -2.16. The van der Waals surface area contributed by atoms with E-state index in [2.05, 4.69) is 16.3 Å². The minimum absolute atomic E-state index is 0.124. The van der Waals surface area contributed by atoms with Crippen molar-refractivity contribution in [3.8, 4) is 5.75 Å². The van der Waals surface area contributed by atoms with Crippen molar-refractivity contribution in [2.45, 2.75) is 16.6 Å². The summed E-state index contributed by atoms with van der Waals surface area (Å²) >= 11 is 6.09. The van der Waals surface area contributed by atoms with Gasteiger partial charge in [0.15, 0.2) is 0 Å². The molecule has 0 N–H and O–H groups in total. The lowest BCUT2D eigenvalue weighted by Gasteiger charge is -2.17. The largest absolute Gasteiger partial charge is 0.444 e. The molecule has 84 valence electrons. The van der Waals surface area contributed by atoms with E-state index in [9.17, 15) is 13.2 Å². The van der Waals surface area contributed by atoms with Gasteiger partial charge in [-0.1, -0.05) is 11.6 Å². The molecule has 1 atom stereocenters. The molecular weight excluding hydrogens is 249 g/mol. The highest BCUT2D eigenvalue weighted by Gasteiger charge is 2.42. The maximum atomic E-state index is 12.7. The van der Waals surface area contributed by atoms with Crippen LogP contribution in [0.1, 0.15) is 0 Å². The molecule has 0 spiro atoms. The fraction of sp³-hybridized carbons (Fsp3) is 0.333. The van der Waals surface area contributed by atoms with E-state index in [0.717, 1.165) is 4.90 Å². The molecule has 1 nitrogen and oxygen atoms in total. The highest BCUT2D eigenvalue weighted by Crippen LogP contribution is 2.29. The van der Waals surface area contributed by atoms with Crippen molar-refractivity contribution in [2.75, 3.05) is 6.26 Å². The normalized spacial score (nSPS) is 13.7. The second-order valence-corrected chi connectivity index (χ2v) is 3.90. The van der Waals surface area contributed by atoms with Gasteiger partial charge in [0.25, 0.3) is 5.63 Å². The Morgan fingerprint density at radius 3 is 2.27 bits per heavy atom. The van der Waals surface area contributed by atoms with Crippen LogP contribution in [0.15, 0.2) is 29.2 Å². The van der Waals surface area contributed by atoms with E-state index < -0.39 is 11.7 Å². The second-order valence-electron chi connectivity index (χ2n) is 2.64. The van der Waals surface area contributed by atoms with Crippen molar-refractivity contribution in [2.24, 2.45) is 0 Å². The molecule has 0 aliphatic rings. The van der Waals surface area contributed by atoms with Crippen LogP contribution < -0.4 is 4.74 Å². The average Bonchev–Trinajstić information content (AvgIpc) is 2.18. The van der Waals surface area contributed by atoms with Gasteiger partial charge in [-0.3, -0.25) is 0 Å². The monoisotopic (exact) mass is 256 g/mol. The third kappa shape index (κ3) is 3.50. The number of hydrogen-bond acceptors (Lipinski definition) is 2. The van der Waals surface area contributed by atoms with Gasteiger partial charge in [-0.15, -0.1) is 11.8 Å². The van der Waals surface area contributed by atoms with Crippen molar-refractivity contribution < 1.29 is 17.9 Å². The Hall–Kier alpha value is -0.550. The topological polar surface area (TPSA) is 9.23 Å². The number of ether oxygens (including phenoxy) is 1. The molecule has 1 aromatic rings. The molecule has 0 aliphatic carbocycles. The fourth-order valence-corrected chi connectivity index (χ4v) is 1.30. The zero-order chi connectivity index (χ0) is 11.5. The quantitative estimate of drug-likeness (QED) is 0.597. The number of thioether (sulfide) groups is 1. The van der Waals surface area contributed by atoms with Crippen LogP contribution in [0.5, 0.6) is 5.75 Å². The molecule has 0 heterocycles. The summed E-state index contributed by atoms with van der Waals surface area (Å²) in [5, 5.41) is 0. The zero-order valence-corrected chi connectivity index (χ0v) is 9.29. The van der Waals surface area contributed by atoms with Gasteiger partial charge in [0.1, 0.15) is 5.75 Å². The van der Waals surface area contributed by atoms with Crippen LogP contribution in [0, 0.1) is 0 Å². The lowest BCUT2D eigenvalue weighted by Crippen LogP contribution is -2.32. The molecular formula is C9H8ClF3OS. The van der Waals surface area contributed by atoms with Crippen molar-refractivity contribution in [3.05, 3.63) is 24.3 Å². The molecule has 0 aliphatic heterocycles. The van der Waals surface area contributed by atoms with Crippen LogP contribution >= 0.6 is 23.4 Å². The van der Waals surface area contributed by atoms with E-state index in [1.54, 1.807) is 12.1 Å². The zero-order valence-electron chi connectivity index (χ0n) is 7.72. The first kappa shape index (κ1) is 12.5. The Morgan fingerprint density at radius 1 is 1.33 bits per heavy atom. The molecule has 0 aromatic heterocycles. The lowest BCUT2D eigenvalue weighted by molar-refractivity contribution is -0.199. The molecule has 0 radical (unpaired) electrons. The number of benzene rings is 1. The van der Waals surface area contributed by atoms with Crippen LogP contribution in [-0.4, -0.2) is 18.0 Å². The molecule has 0 saturated carbocycles. The first-order valence-corrected chi connectivity index (χ1v) is 5.61. The first-order chi connectivity index (χ1) is 6.95. The van der Waals surface area contributed by atoms with E-state index in [1.165, 1.54) is 23.9 Å². The molecule has 0 saturated heterocycles. The summed E-state index contributed by atoms with van der Waals surface area (Å²) in [5.74, 6) is -0.124. The Kier molecular flexibility index (Phi) is 4.16. The summed E-state index contributed by atoms with van der Waals surface area (Å²) in [6, 6.07) is 5.85. The Bertz CT molecular complexity index is 316. The molecule has 6 heteroatoms.